The third kappa shape index (κ3) is 2.12. The summed E-state index contributed by atoms with van der Waals surface area (Å²) in [4.78, 5) is 0. The van der Waals surface area contributed by atoms with Gasteiger partial charge in [0.1, 0.15) is 0 Å². The SMILES string of the molecule is COCC1C=Cc2c1cccc2C1CCCCC1. The Kier molecular flexibility index (Phi) is 3.51. The highest BCUT2D eigenvalue weighted by Gasteiger charge is 2.24. The van der Waals surface area contributed by atoms with Crippen LogP contribution < -0.4 is 0 Å². The Morgan fingerprint density at radius 1 is 1.11 bits per heavy atom. The number of methoxy groups -OCH3 is 1. The van der Waals surface area contributed by atoms with Gasteiger partial charge in [0.2, 0.25) is 0 Å². The molecule has 0 N–H and O–H groups in total. The first-order valence-electron chi connectivity index (χ1n) is 7.20. The Morgan fingerprint density at radius 3 is 2.67 bits per heavy atom. The van der Waals surface area contributed by atoms with Crippen molar-refractivity contribution in [1.29, 1.82) is 0 Å². The van der Waals surface area contributed by atoms with Crippen LogP contribution in [-0.2, 0) is 4.74 Å². The molecule has 1 aromatic carbocycles. The molecule has 1 saturated carbocycles. The highest BCUT2D eigenvalue weighted by atomic mass is 16.5. The fourth-order valence-corrected chi connectivity index (χ4v) is 3.53. The van der Waals surface area contributed by atoms with Gasteiger partial charge in [-0.2, -0.15) is 0 Å². The number of benzene rings is 1. The van der Waals surface area contributed by atoms with Crippen LogP contribution in [0.25, 0.3) is 6.08 Å². The fraction of sp³-hybridized carbons (Fsp3) is 0.529. The lowest BCUT2D eigenvalue weighted by molar-refractivity contribution is 0.192. The normalized spacial score (nSPS) is 23.3. The summed E-state index contributed by atoms with van der Waals surface area (Å²) in [6.45, 7) is 0.803. The summed E-state index contributed by atoms with van der Waals surface area (Å²) < 4.78 is 5.32. The quantitative estimate of drug-likeness (QED) is 0.758. The molecule has 1 atom stereocenters. The second kappa shape index (κ2) is 5.27. The molecule has 1 aromatic rings. The van der Waals surface area contributed by atoms with Crippen molar-refractivity contribution in [2.24, 2.45) is 0 Å². The van der Waals surface area contributed by atoms with Crippen LogP contribution in [0.3, 0.4) is 0 Å². The predicted octanol–water partition coefficient (Wildman–Crippen LogP) is 4.49. The Hall–Kier alpha value is -1.08. The molecule has 2 aliphatic carbocycles. The maximum Gasteiger partial charge on any atom is 0.0566 e. The van der Waals surface area contributed by atoms with Gasteiger partial charge in [0.25, 0.3) is 0 Å². The van der Waals surface area contributed by atoms with E-state index in [2.05, 4.69) is 30.4 Å². The minimum atomic E-state index is 0.466. The summed E-state index contributed by atoms with van der Waals surface area (Å²) >= 11 is 0. The third-order valence-electron chi connectivity index (χ3n) is 4.46. The van der Waals surface area contributed by atoms with Crippen molar-refractivity contribution >= 4 is 6.08 Å². The van der Waals surface area contributed by atoms with Gasteiger partial charge in [-0.3, -0.25) is 0 Å². The lowest BCUT2D eigenvalue weighted by Crippen LogP contribution is -2.08. The second-order valence-corrected chi connectivity index (χ2v) is 5.61. The topological polar surface area (TPSA) is 9.23 Å². The van der Waals surface area contributed by atoms with Crippen molar-refractivity contribution in [2.75, 3.05) is 13.7 Å². The summed E-state index contributed by atoms with van der Waals surface area (Å²) in [7, 11) is 1.79. The van der Waals surface area contributed by atoms with Gasteiger partial charge in [0.05, 0.1) is 6.61 Å². The first kappa shape index (κ1) is 12.0. The van der Waals surface area contributed by atoms with Crippen molar-refractivity contribution in [3.05, 3.63) is 41.0 Å². The number of fused-ring (bicyclic) bond motifs is 1. The summed E-state index contributed by atoms with van der Waals surface area (Å²) in [5.41, 5.74) is 4.55. The van der Waals surface area contributed by atoms with Gasteiger partial charge < -0.3 is 4.74 Å². The third-order valence-corrected chi connectivity index (χ3v) is 4.46. The number of ether oxygens (including phenoxy) is 1. The number of hydrogen-bond donors (Lipinski definition) is 0. The molecular formula is C17H22O. The van der Waals surface area contributed by atoms with Crippen LogP contribution >= 0.6 is 0 Å². The summed E-state index contributed by atoms with van der Waals surface area (Å²) in [6, 6.07) is 6.85. The molecule has 96 valence electrons. The number of hydrogen-bond acceptors (Lipinski definition) is 1. The van der Waals surface area contributed by atoms with E-state index in [0.717, 1.165) is 12.5 Å². The van der Waals surface area contributed by atoms with Crippen LogP contribution in [0.2, 0.25) is 0 Å². The van der Waals surface area contributed by atoms with E-state index in [1.807, 2.05) is 0 Å². The van der Waals surface area contributed by atoms with E-state index in [0.29, 0.717) is 5.92 Å². The molecule has 0 saturated heterocycles. The first-order chi connectivity index (χ1) is 8.90. The Bertz CT molecular complexity index is 441. The summed E-state index contributed by atoms with van der Waals surface area (Å²) in [6.07, 6.45) is 11.6. The average Bonchev–Trinajstić information content (AvgIpc) is 2.84. The molecule has 1 unspecified atom stereocenters. The Morgan fingerprint density at radius 2 is 1.89 bits per heavy atom. The van der Waals surface area contributed by atoms with Crippen LogP contribution in [0.15, 0.2) is 24.3 Å². The molecule has 18 heavy (non-hydrogen) atoms. The Labute approximate surface area is 110 Å². The van der Waals surface area contributed by atoms with E-state index in [1.54, 1.807) is 12.7 Å². The minimum absolute atomic E-state index is 0.466. The summed E-state index contributed by atoms with van der Waals surface area (Å²) in [5.74, 6) is 1.26. The fourth-order valence-electron chi connectivity index (χ4n) is 3.53. The monoisotopic (exact) mass is 242 g/mol. The van der Waals surface area contributed by atoms with E-state index < -0.39 is 0 Å². The van der Waals surface area contributed by atoms with Gasteiger partial charge >= 0.3 is 0 Å². The van der Waals surface area contributed by atoms with Gasteiger partial charge in [0, 0.05) is 13.0 Å². The average molecular weight is 242 g/mol. The molecule has 0 spiro atoms. The van der Waals surface area contributed by atoms with E-state index in [-0.39, 0.29) is 0 Å². The van der Waals surface area contributed by atoms with Gasteiger partial charge in [0.15, 0.2) is 0 Å². The molecule has 0 amide bonds. The summed E-state index contributed by atoms with van der Waals surface area (Å²) in [5, 5.41) is 0. The van der Waals surface area contributed by atoms with Crippen molar-refractivity contribution in [1.82, 2.24) is 0 Å². The van der Waals surface area contributed by atoms with Crippen molar-refractivity contribution in [2.45, 2.75) is 43.9 Å². The maximum atomic E-state index is 5.32. The largest absolute Gasteiger partial charge is 0.384 e. The highest BCUT2D eigenvalue weighted by molar-refractivity contribution is 5.66. The zero-order valence-electron chi connectivity index (χ0n) is 11.2. The van der Waals surface area contributed by atoms with E-state index in [1.165, 1.54) is 43.2 Å². The number of rotatable bonds is 3. The molecule has 0 radical (unpaired) electrons. The molecule has 1 heteroatoms. The molecule has 0 aliphatic heterocycles. The molecule has 1 nitrogen and oxygen atoms in total. The van der Waals surface area contributed by atoms with Gasteiger partial charge in [-0.25, -0.2) is 0 Å². The standard InChI is InChI=1S/C17H22O/c1-18-12-14-10-11-17-15(8-5-9-16(14)17)13-6-3-2-4-7-13/h5,8-11,13-14H,2-4,6-7,12H2,1H3. The maximum absolute atomic E-state index is 5.32. The molecule has 2 aliphatic rings. The first-order valence-corrected chi connectivity index (χ1v) is 7.20. The van der Waals surface area contributed by atoms with Crippen molar-refractivity contribution < 1.29 is 4.74 Å². The Balaban J connectivity index is 1.90. The van der Waals surface area contributed by atoms with E-state index in [4.69, 9.17) is 4.74 Å². The smallest absolute Gasteiger partial charge is 0.0566 e. The van der Waals surface area contributed by atoms with E-state index >= 15 is 0 Å². The molecule has 3 rings (SSSR count). The molecular weight excluding hydrogens is 220 g/mol. The molecule has 1 fully saturated rings. The molecule has 0 heterocycles. The lowest BCUT2D eigenvalue weighted by atomic mass is 9.81. The van der Waals surface area contributed by atoms with Crippen LogP contribution in [0.4, 0.5) is 0 Å². The lowest BCUT2D eigenvalue weighted by Gasteiger charge is -2.24. The highest BCUT2D eigenvalue weighted by Crippen LogP contribution is 2.40. The van der Waals surface area contributed by atoms with E-state index in [9.17, 15) is 0 Å². The van der Waals surface area contributed by atoms with Crippen LogP contribution in [0, 0.1) is 0 Å². The van der Waals surface area contributed by atoms with Crippen molar-refractivity contribution in [3.8, 4) is 0 Å². The molecule has 0 aromatic heterocycles. The zero-order valence-corrected chi connectivity index (χ0v) is 11.2. The minimum Gasteiger partial charge on any atom is -0.384 e. The van der Waals surface area contributed by atoms with Gasteiger partial charge in [-0.1, -0.05) is 49.6 Å². The zero-order chi connectivity index (χ0) is 12.4. The van der Waals surface area contributed by atoms with Crippen LogP contribution in [0.5, 0.6) is 0 Å². The van der Waals surface area contributed by atoms with Crippen LogP contribution in [0.1, 0.15) is 60.6 Å². The molecule has 0 bridgehead atoms. The van der Waals surface area contributed by atoms with Gasteiger partial charge in [-0.05, 0) is 35.4 Å². The van der Waals surface area contributed by atoms with Crippen LogP contribution in [-0.4, -0.2) is 13.7 Å². The van der Waals surface area contributed by atoms with Crippen molar-refractivity contribution in [3.63, 3.8) is 0 Å². The second-order valence-electron chi connectivity index (χ2n) is 5.61. The predicted molar refractivity (Wildman–Crippen MR) is 75.9 cm³/mol. The van der Waals surface area contributed by atoms with Gasteiger partial charge in [-0.15, -0.1) is 0 Å².